The smallest absolute Gasteiger partial charge is 0.306 e. The molecule has 1 unspecified atom stereocenters. The van der Waals surface area contributed by atoms with Gasteiger partial charge in [-0.1, -0.05) is 78.4 Å². The van der Waals surface area contributed by atoms with Crippen molar-refractivity contribution in [3.8, 4) is 0 Å². The fraction of sp³-hybridized carbons (Fsp3) is 0.824. The zero-order chi connectivity index (χ0) is 31.8. The van der Waals surface area contributed by atoms with Crippen LogP contribution in [-0.2, 0) is 28.5 Å². The lowest BCUT2D eigenvalue weighted by molar-refractivity contribution is -0.333. The Bertz CT molecular complexity index is 1100. The summed E-state index contributed by atoms with van der Waals surface area (Å²) < 4.78 is 24.1. The number of fused-ring (bicyclic) bond motifs is 5. The number of ether oxygens (including phenoxy) is 4. The van der Waals surface area contributed by atoms with Crippen molar-refractivity contribution in [3.63, 3.8) is 0 Å². The lowest BCUT2D eigenvalue weighted by Gasteiger charge is -2.53. The van der Waals surface area contributed by atoms with Crippen LogP contribution in [-0.4, -0.2) is 76.8 Å². The van der Waals surface area contributed by atoms with Gasteiger partial charge in [0.25, 0.3) is 6.48 Å². The molecule has 3 N–H and O–H groups in total. The Labute approximate surface area is 257 Å². The van der Waals surface area contributed by atoms with Crippen molar-refractivity contribution in [3.05, 3.63) is 23.3 Å². The first-order chi connectivity index (χ1) is 20.3. The minimum atomic E-state index is -1.91. The molecule has 9 atom stereocenters. The summed E-state index contributed by atoms with van der Waals surface area (Å²) in [5.74, 6) is -3.51. The molecule has 0 radical (unpaired) electrons. The first-order valence-electron chi connectivity index (χ1n) is 16.3. The summed E-state index contributed by atoms with van der Waals surface area (Å²) in [4.78, 5) is 26.8. The van der Waals surface area contributed by atoms with E-state index in [2.05, 4.69) is 6.92 Å². The summed E-state index contributed by atoms with van der Waals surface area (Å²) in [5.41, 5.74) is -4.50. The molecule has 9 heteroatoms. The van der Waals surface area contributed by atoms with Crippen LogP contribution < -0.4 is 0 Å². The fourth-order valence-corrected chi connectivity index (χ4v) is 8.74. The van der Waals surface area contributed by atoms with Gasteiger partial charge >= 0.3 is 5.97 Å². The number of Topliss-reactive ketones (excluding diaryl/α,β-unsaturated/α-hetero) is 1. The van der Waals surface area contributed by atoms with Crippen molar-refractivity contribution >= 4 is 11.8 Å². The molecular formula is C34H54O9. The Balaban J connectivity index is 1.72. The summed E-state index contributed by atoms with van der Waals surface area (Å²) in [5, 5.41) is 35.1. The molecule has 43 heavy (non-hydrogen) atoms. The topological polar surface area (TPSA) is 132 Å². The number of ketones is 1. The third-order valence-corrected chi connectivity index (χ3v) is 11.0. The van der Waals surface area contributed by atoms with Crippen LogP contribution in [0.25, 0.3) is 0 Å². The minimum Gasteiger partial charge on any atom is -0.455 e. The SMILES string of the molecule is CCCCCCCCCC(=O)O[C@@]12[C@H](OC(OC)OCC)[C@@H](C)[C@@]3(O)[C@@H](C=C(CO)C[C@]4(O)C(=O)C(C)=C[C@@H]34)[C@@H]1C2(C)C. The second-order valence-electron chi connectivity index (χ2n) is 13.8. The Morgan fingerprint density at radius 2 is 1.72 bits per heavy atom. The second-order valence-corrected chi connectivity index (χ2v) is 13.8. The molecule has 0 saturated heterocycles. The van der Waals surface area contributed by atoms with Gasteiger partial charge in [0.1, 0.15) is 17.3 Å². The van der Waals surface area contributed by atoms with Crippen molar-refractivity contribution in [2.24, 2.45) is 29.1 Å². The number of methoxy groups -OCH3 is 1. The number of aliphatic hydroxyl groups is 3. The van der Waals surface area contributed by atoms with Gasteiger partial charge in [-0.3, -0.25) is 9.59 Å². The van der Waals surface area contributed by atoms with E-state index in [1.165, 1.54) is 26.4 Å². The highest BCUT2D eigenvalue weighted by Gasteiger charge is 2.87. The summed E-state index contributed by atoms with van der Waals surface area (Å²) >= 11 is 0. The molecule has 0 aliphatic heterocycles. The van der Waals surface area contributed by atoms with Gasteiger partial charge in [-0.2, -0.15) is 0 Å². The summed E-state index contributed by atoms with van der Waals surface area (Å²) in [6.45, 7) is 10.3. The normalized spacial score (nSPS) is 38.3. The maximum atomic E-state index is 13.5. The molecule has 0 heterocycles. The first kappa shape index (κ1) is 34.3. The maximum absolute atomic E-state index is 13.5. The largest absolute Gasteiger partial charge is 0.455 e. The van der Waals surface area contributed by atoms with E-state index in [0.717, 1.165) is 25.7 Å². The summed E-state index contributed by atoms with van der Waals surface area (Å²) in [7, 11) is 1.46. The van der Waals surface area contributed by atoms with Crippen molar-refractivity contribution in [1.82, 2.24) is 0 Å². The van der Waals surface area contributed by atoms with Gasteiger partial charge in [0.15, 0.2) is 5.78 Å². The molecule has 0 aromatic rings. The molecule has 4 rings (SSSR count). The van der Waals surface area contributed by atoms with Crippen LogP contribution in [0.4, 0.5) is 0 Å². The molecule has 9 nitrogen and oxygen atoms in total. The lowest BCUT2D eigenvalue weighted by atomic mass is 9.59. The molecule has 0 amide bonds. The zero-order valence-electron chi connectivity index (χ0n) is 27.2. The van der Waals surface area contributed by atoms with Gasteiger partial charge in [0.2, 0.25) is 0 Å². The predicted octanol–water partition coefficient (Wildman–Crippen LogP) is 4.61. The molecule has 4 aliphatic rings. The first-order valence-corrected chi connectivity index (χ1v) is 16.3. The predicted molar refractivity (Wildman–Crippen MR) is 161 cm³/mol. The van der Waals surface area contributed by atoms with Crippen LogP contribution in [0.2, 0.25) is 0 Å². The Hall–Kier alpha value is -1.62. The highest BCUT2D eigenvalue weighted by molar-refractivity contribution is 6.04. The number of aliphatic hydroxyl groups excluding tert-OH is 1. The Kier molecular flexibility index (Phi) is 10.4. The molecule has 2 fully saturated rings. The van der Waals surface area contributed by atoms with Crippen LogP contribution in [0, 0.1) is 29.1 Å². The molecule has 4 aliphatic carbocycles. The quantitative estimate of drug-likeness (QED) is 0.106. The van der Waals surface area contributed by atoms with E-state index in [0.29, 0.717) is 17.8 Å². The standard InChI is InChI=1S/C34H54O9/c1-8-10-11-12-13-14-15-16-26(36)43-34-27(31(34,5)6)24-18-23(20-35)19-32(38)25(17-21(3)28(32)37)33(24,39)22(4)29(34)42-30(40-7)41-9-2/h17-18,22,24-25,27,29-30,35,38-39H,8-16,19-20H2,1-7H3/t22-,24+,25-,27-,29-,30?,32-,33-,34-/m1/s1. The van der Waals surface area contributed by atoms with E-state index < -0.39 is 64.3 Å². The van der Waals surface area contributed by atoms with Crippen LogP contribution in [0.1, 0.15) is 99.3 Å². The fourth-order valence-electron chi connectivity index (χ4n) is 8.74. The highest BCUT2D eigenvalue weighted by atomic mass is 16.8. The van der Waals surface area contributed by atoms with Crippen molar-refractivity contribution in [1.29, 1.82) is 0 Å². The highest BCUT2D eigenvalue weighted by Crippen LogP contribution is 2.77. The summed E-state index contributed by atoms with van der Waals surface area (Å²) in [6, 6.07) is 0. The monoisotopic (exact) mass is 606 g/mol. The van der Waals surface area contributed by atoms with Crippen LogP contribution in [0.5, 0.6) is 0 Å². The van der Waals surface area contributed by atoms with E-state index in [-0.39, 0.29) is 25.4 Å². The molecule has 0 spiro atoms. The van der Waals surface area contributed by atoms with Gasteiger partial charge in [0, 0.05) is 55.6 Å². The summed E-state index contributed by atoms with van der Waals surface area (Å²) in [6.07, 6.45) is 10.4. The van der Waals surface area contributed by atoms with E-state index in [1.54, 1.807) is 13.0 Å². The molecular weight excluding hydrogens is 552 g/mol. The van der Waals surface area contributed by atoms with Gasteiger partial charge in [-0.15, -0.1) is 0 Å². The van der Waals surface area contributed by atoms with Gasteiger partial charge in [-0.05, 0) is 31.4 Å². The minimum absolute atomic E-state index is 0.0876. The van der Waals surface area contributed by atoms with Gasteiger partial charge in [0.05, 0.1) is 12.2 Å². The maximum Gasteiger partial charge on any atom is 0.306 e. The number of carbonyl (C=O) groups excluding carboxylic acids is 2. The number of unbranched alkanes of at least 4 members (excludes halogenated alkanes) is 6. The third-order valence-electron chi connectivity index (χ3n) is 11.0. The van der Waals surface area contributed by atoms with E-state index in [1.807, 2.05) is 33.8 Å². The van der Waals surface area contributed by atoms with Crippen LogP contribution >= 0.6 is 0 Å². The van der Waals surface area contributed by atoms with Gasteiger partial charge < -0.3 is 34.3 Å². The van der Waals surface area contributed by atoms with E-state index >= 15 is 0 Å². The number of hydrogen-bond acceptors (Lipinski definition) is 9. The second kappa shape index (κ2) is 13.0. The van der Waals surface area contributed by atoms with Crippen molar-refractivity contribution in [2.75, 3.05) is 20.3 Å². The van der Waals surface area contributed by atoms with Crippen LogP contribution in [0.15, 0.2) is 23.3 Å². The number of rotatable bonds is 15. The van der Waals surface area contributed by atoms with Crippen LogP contribution in [0.3, 0.4) is 0 Å². The number of hydrogen-bond donors (Lipinski definition) is 3. The molecule has 0 aromatic carbocycles. The van der Waals surface area contributed by atoms with Crippen molar-refractivity contribution in [2.45, 2.75) is 129 Å². The van der Waals surface area contributed by atoms with Crippen molar-refractivity contribution < 1.29 is 43.9 Å². The molecule has 244 valence electrons. The number of esters is 1. The van der Waals surface area contributed by atoms with E-state index in [4.69, 9.17) is 18.9 Å². The molecule has 2 saturated carbocycles. The Morgan fingerprint density at radius 3 is 2.33 bits per heavy atom. The number of carbonyl (C=O) groups is 2. The molecule has 0 bridgehead atoms. The average molecular weight is 607 g/mol. The van der Waals surface area contributed by atoms with E-state index in [9.17, 15) is 24.9 Å². The average Bonchev–Trinajstić information content (AvgIpc) is 3.39. The van der Waals surface area contributed by atoms with Gasteiger partial charge in [-0.25, -0.2) is 0 Å². The third kappa shape index (κ3) is 5.57. The lowest BCUT2D eigenvalue weighted by Crippen LogP contribution is -2.66. The Morgan fingerprint density at radius 1 is 1.07 bits per heavy atom. The zero-order valence-corrected chi connectivity index (χ0v) is 27.2. The molecule has 0 aromatic heterocycles.